The standard InChI is InChI=1S/C17H21BrN2/c1-13(15-5-4-6-16(18)11-15)19-12-14-7-9-17(10-8-14)20(2)3/h4-11,13,19H,12H2,1-3H3/t13-/m0/s1. The maximum Gasteiger partial charge on any atom is 0.0361 e. The number of hydrogen-bond donors (Lipinski definition) is 1. The van der Waals surface area contributed by atoms with Crippen LogP contribution in [0, 0.1) is 0 Å². The summed E-state index contributed by atoms with van der Waals surface area (Å²) >= 11 is 3.52. The van der Waals surface area contributed by atoms with Crippen molar-refractivity contribution in [1.82, 2.24) is 5.32 Å². The summed E-state index contributed by atoms with van der Waals surface area (Å²) in [6.45, 7) is 3.07. The van der Waals surface area contributed by atoms with Crippen molar-refractivity contribution in [3.8, 4) is 0 Å². The van der Waals surface area contributed by atoms with E-state index < -0.39 is 0 Å². The van der Waals surface area contributed by atoms with Crippen LogP contribution in [0.4, 0.5) is 5.69 Å². The third-order valence-corrected chi connectivity index (χ3v) is 3.91. The maximum absolute atomic E-state index is 3.56. The number of halogens is 1. The van der Waals surface area contributed by atoms with Gasteiger partial charge in [-0.3, -0.25) is 0 Å². The molecular weight excluding hydrogens is 312 g/mol. The molecule has 0 heterocycles. The Bertz CT molecular complexity index is 549. The largest absolute Gasteiger partial charge is 0.378 e. The molecule has 0 unspecified atom stereocenters. The fraction of sp³-hybridized carbons (Fsp3) is 0.294. The van der Waals surface area contributed by atoms with Gasteiger partial charge in [-0.05, 0) is 42.3 Å². The Morgan fingerprint density at radius 2 is 1.80 bits per heavy atom. The molecule has 3 heteroatoms. The van der Waals surface area contributed by atoms with Gasteiger partial charge in [-0.25, -0.2) is 0 Å². The Morgan fingerprint density at radius 1 is 1.10 bits per heavy atom. The summed E-state index contributed by atoms with van der Waals surface area (Å²) in [7, 11) is 4.12. The summed E-state index contributed by atoms with van der Waals surface area (Å²) < 4.78 is 1.12. The fourth-order valence-electron chi connectivity index (χ4n) is 2.08. The summed E-state index contributed by atoms with van der Waals surface area (Å²) in [5.41, 5.74) is 3.83. The molecular formula is C17H21BrN2. The molecule has 0 bridgehead atoms. The van der Waals surface area contributed by atoms with Gasteiger partial charge in [-0.2, -0.15) is 0 Å². The molecule has 0 aliphatic heterocycles. The number of anilines is 1. The molecule has 0 saturated carbocycles. The van der Waals surface area contributed by atoms with Crippen LogP contribution in [0.5, 0.6) is 0 Å². The first-order valence-corrected chi connectivity index (χ1v) is 7.60. The number of benzene rings is 2. The molecule has 2 aromatic rings. The molecule has 2 aromatic carbocycles. The van der Waals surface area contributed by atoms with E-state index in [4.69, 9.17) is 0 Å². The van der Waals surface area contributed by atoms with Crippen LogP contribution in [0.3, 0.4) is 0 Å². The van der Waals surface area contributed by atoms with Crippen molar-refractivity contribution < 1.29 is 0 Å². The minimum absolute atomic E-state index is 0.334. The van der Waals surface area contributed by atoms with Crippen LogP contribution < -0.4 is 10.2 Å². The van der Waals surface area contributed by atoms with Crippen molar-refractivity contribution in [2.45, 2.75) is 19.5 Å². The lowest BCUT2D eigenvalue weighted by atomic mass is 10.1. The quantitative estimate of drug-likeness (QED) is 0.874. The van der Waals surface area contributed by atoms with Crippen LogP contribution in [0.2, 0.25) is 0 Å². The molecule has 2 rings (SSSR count). The Balaban J connectivity index is 1.94. The second-order valence-corrected chi connectivity index (χ2v) is 6.13. The molecule has 0 aliphatic carbocycles. The van der Waals surface area contributed by atoms with E-state index in [0.29, 0.717) is 6.04 Å². The van der Waals surface area contributed by atoms with E-state index in [1.54, 1.807) is 0 Å². The number of hydrogen-bond acceptors (Lipinski definition) is 2. The summed E-state index contributed by atoms with van der Waals surface area (Å²) in [4.78, 5) is 2.11. The van der Waals surface area contributed by atoms with Crippen molar-refractivity contribution in [1.29, 1.82) is 0 Å². The molecule has 0 aliphatic rings. The SMILES string of the molecule is C[C@H](NCc1ccc(N(C)C)cc1)c1cccc(Br)c1. The first-order chi connectivity index (χ1) is 9.56. The number of nitrogens with zero attached hydrogens (tertiary/aromatic N) is 1. The van der Waals surface area contributed by atoms with Crippen molar-refractivity contribution >= 4 is 21.6 Å². The van der Waals surface area contributed by atoms with E-state index in [-0.39, 0.29) is 0 Å². The third-order valence-electron chi connectivity index (χ3n) is 3.41. The molecule has 0 saturated heterocycles. The van der Waals surface area contributed by atoms with Gasteiger partial charge in [0, 0.05) is 36.8 Å². The monoisotopic (exact) mass is 332 g/mol. The highest BCUT2D eigenvalue weighted by molar-refractivity contribution is 9.10. The zero-order chi connectivity index (χ0) is 14.5. The maximum atomic E-state index is 3.56. The van der Waals surface area contributed by atoms with E-state index in [0.717, 1.165) is 11.0 Å². The molecule has 0 radical (unpaired) electrons. The summed E-state index contributed by atoms with van der Waals surface area (Å²) in [6, 6.07) is 17.4. The zero-order valence-electron chi connectivity index (χ0n) is 12.2. The van der Waals surface area contributed by atoms with E-state index in [1.807, 2.05) is 0 Å². The van der Waals surface area contributed by atoms with Crippen molar-refractivity contribution in [2.75, 3.05) is 19.0 Å². The lowest BCUT2D eigenvalue weighted by Gasteiger charge is -2.16. The van der Waals surface area contributed by atoms with Crippen LogP contribution in [0.25, 0.3) is 0 Å². The number of rotatable bonds is 5. The van der Waals surface area contributed by atoms with E-state index in [9.17, 15) is 0 Å². The Kier molecular flexibility index (Phi) is 5.21. The van der Waals surface area contributed by atoms with Crippen LogP contribution >= 0.6 is 15.9 Å². The highest BCUT2D eigenvalue weighted by Gasteiger charge is 2.05. The Morgan fingerprint density at radius 3 is 2.40 bits per heavy atom. The van der Waals surface area contributed by atoms with Crippen LogP contribution in [0.15, 0.2) is 53.0 Å². The normalized spacial score (nSPS) is 12.2. The zero-order valence-corrected chi connectivity index (χ0v) is 13.8. The first kappa shape index (κ1) is 15.1. The summed E-state index contributed by atoms with van der Waals surface area (Å²) in [6.07, 6.45) is 0. The second-order valence-electron chi connectivity index (χ2n) is 5.22. The summed E-state index contributed by atoms with van der Waals surface area (Å²) in [5, 5.41) is 3.56. The van der Waals surface area contributed by atoms with Gasteiger partial charge < -0.3 is 10.2 Å². The highest BCUT2D eigenvalue weighted by atomic mass is 79.9. The molecule has 0 amide bonds. The molecule has 0 spiro atoms. The van der Waals surface area contributed by atoms with Gasteiger partial charge in [-0.1, -0.05) is 40.2 Å². The minimum atomic E-state index is 0.334. The van der Waals surface area contributed by atoms with Gasteiger partial charge in [0.1, 0.15) is 0 Å². The lowest BCUT2D eigenvalue weighted by molar-refractivity contribution is 0.574. The predicted octanol–water partition coefficient (Wildman–Crippen LogP) is 4.37. The first-order valence-electron chi connectivity index (χ1n) is 6.81. The third kappa shape index (κ3) is 4.09. The molecule has 106 valence electrons. The predicted molar refractivity (Wildman–Crippen MR) is 90.2 cm³/mol. The van der Waals surface area contributed by atoms with E-state index >= 15 is 0 Å². The Labute approximate surface area is 129 Å². The topological polar surface area (TPSA) is 15.3 Å². The average molecular weight is 333 g/mol. The summed E-state index contributed by atoms with van der Waals surface area (Å²) in [5.74, 6) is 0. The van der Waals surface area contributed by atoms with Gasteiger partial charge in [0.15, 0.2) is 0 Å². The van der Waals surface area contributed by atoms with Crippen LogP contribution in [0.1, 0.15) is 24.1 Å². The molecule has 20 heavy (non-hydrogen) atoms. The van der Waals surface area contributed by atoms with Gasteiger partial charge in [0.05, 0.1) is 0 Å². The smallest absolute Gasteiger partial charge is 0.0361 e. The molecule has 0 fully saturated rings. The van der Waals surface area contributed by atoms with Gasteiger partial charge in [0.2, 0.25) is 0 Å². The molecule has 1 atom stereocenters. The fourth-order valence-corrected chi connectivity index (χ4v) is 2.49. The van der Waals surface area contributed by atoms with Crippen LogP contribution in [-0.2, 0) is 6.54 Å². The molecule has 1 N–H and O–H groups in total. The molecule has 2 nitrogen and oxygen atoms in total. The second kappa shape index (κ2) is 6.91. The lowest BCUT2D eigenvalue weighted by Crippen LogP contribution is -2.18. The van der Waals surface area contributed by atoms with E-state index in [2.05, 4.69) is 95.7 Å². The number of nitrogens with one attached hydrogen (secondary N) is 1. The average Bonchev–Trinajstić information content (AvgIpc) is 2.45. The minimum Gasteiger partial charge on any atom is -0.378 e. The van der Waals surface area contributed by atoms with Gasteiger partial charge in [0.25, 0.3) is 0 Å². The van der Waals surface area contributed by atoms with E-state index in [1.165, 1.54) is 16.8 Å². The highest BCUT2D eigenvalue weighted by Crippen LogP contribution is 2.18. The Hall–Kier alpha value is -1.32. The van der Waals surface area contributed by atoms with Crippen LogP contribution in [-0.4, -0.2) is 14.1 Å². The van der Waals surface area contributed by atoms with Gasteiger partial charge in [-0.15, -0.1) is 0 Å². The van der Waals surface area contributed by atoms with Crippen molar-refractivity contribution in [3.63, 3.8) is 0 Å². The van der Waals surface area contributed by atoms with Crippen molar-refractivity contribution in [3.05, 3.63) is 64.1 Å². The van der Waals surface area contributed by atoms with Crippen molar-refractivity contribution in [2.24, 2.45) is 0 Å². The van der Waals surface area contributed by atoms with Gasteiger partial charge >= 0.3 is 0 Å². The molecule has 0 aromatic heterocycles.